The Labute approximate surface area is 224 Å². The number of nitrogens with one attached hydrogen (secondary N) is 1. The summed E-state index contributed by atoms with van der Waals surface area (Å²) in [6.07, 6.45) is 3.01. The van der Waals surface area contributed by atoms with Gasteiger partial charge in [0, 0.05) is 44.4 Å². The van der Waals surface area contributed by atoms with Crippen LogP contribution in [0.15, 0.2) is 30.3 Å². The molecule has 5 rings (SSSR count). The number of hydrogen-bond acceptors (Lipinski definition) is 7. The number of anilines is 1. The molecule has 0 unspecified atom stereocenters. The van der Waals surface area contributed by atoms with Crippen LogP contribution in [0.4, 0.5) is 5.69 Å². The lowest BCUT2D eigenvalue weighted by molar-refractivity contribution is -0.138. The molecule has 1 atom stereocenters. The Morgan fingerprint density at radius 3 is 2.57 bits per heavy atom. The standard InChI is InChI=1S/C27H33N3O6.H2S/c1-33-23-12-18-7-11-30(16-20(18)13-24(23)34-2)27(32)19-4-3-9-29(15-19)10-8-26(31)28-21-5-6-22-25(14-21)36-17-35-22;/h5-6,12-14,19H,3-4,7-11,15-17H2,1-2H3,(H,28,31);1H2/t19-;/m0./s1. The van der Waals surface area contributed by atoms with E-state index in [-0.39, 0.29) is 38.0 Å². The molecule has 2 amide bonds. The molecule has 10 heteroatoms. The van der Waals surface area contributed by atoms with Crippen molar-refractivity contribution in [3.63, 3.8) is 0 Å². The van der Waals surface area contributed by atoms with Crippen molar-refractivity contribution in [2.75, 3.05) is 52.5 Å². The van der Waals surface area contributed by atoms with Crippen molar-refractivity contribution in [3.05, 3.63) is 41.5 Å². The maximum absolute atomic E-state index is 13.4. The lowest BCUT2D eigenvalue weighted by Crippen LogP contribution is -2.46. The zero-order valence-electron chi connectivity index (χ0n) is 21.4. The average Bonchev–Trinajstić information content (AvgIpc) is 3.38. The summed E-state index contributed by atoms with van der Waals surface area (Å²) >= 11 is 0. The highest BCUT2D eigenvalue weighted by Crippen LogP contribution is 2.35. The first-order chi connectivity index (χ1) is 17.5. The lowest BCUT2D eigenvalue weighted by atomic mass is 9.93. The zero-order chi connectivity index (χ0) is 25.1. The van der Waals surface area contributed by atoms with Gasteiger partial charge in [-0.2, -0.15) is 13.5 Å². The predicted octanol–water partition coefficient (Wildman–Crippen LogP) is 3.17. The Balaban J connectivity index is 0.00000320. The molecule has 0 radical (unpaired) electrons. The van der Waals surface area contributed by atoms with Crippen molar-refractivity contribution < 1.29 is 28.5 Å². The van der Waals surface area contributed by atoms with E-state index in [2.05, 4.69) is 10.2 Å². The summed E-state index contributed by atoms with van der Waals surface area (Å²) in [5, 5.41) is 2.93. The molecule has 0 spiro atoms. The van der Waals surface area contributed by atoms with Gasteiger partial charge in [0.05, 0.1) is 20.1 Å². The van der Waals surface area contributed by atoms with Gasteiger partial charge in [0.15, 0.2) is 23.0 Å². The number of benzene rings is 2. The van der Waals surface area contributed by atoms with Gasteiger partial charge in [0.2, 0.25) is 18.6 Å². The largest absolute Gasteiger partial charge is 0.493 e. The summed E-state index contributed by atoms with van der Waals surface area (Å²) in [4.78, 5) is 30.1. The minimum atomic E-state index is -0.0562. The summed E-state index contributed by atoms with van der Waals surface area (Å²) in [5.74, 6) is 2.84. The number of amides is 2. The number of methoxy groups -OCH3 is 2. The minimum absolute atomic E-state index is 0. The van der Waals surface area contributed by atoms with Crippen LogP contribution in [0.25, 0.3) is 0 Å². The van der Waals surface area contributed by atoms with Crippen LogP contribution >= 0.6 is 13.5 Å². The number of rotatable bonds is 7. The first kappa shape index (κ1) is 26.9. The molecule has 3 aliphatic heterocycles. The Hall–Kier alpha value is -3.11. The average molecular weight is 530 g/mol. The Bertz CT molecular complexity index is 1140. The van der Waals surface area contributed by atoms with E-state index in [0.29, 0.717) is 55.5 Å². The van der Waals surface area contributed by atoms with Gasteiger partial charge in [-0.05, 0) is 61.2 Å². The molecule has 37 heavy (non-hydrogen) atoms. The van der Waals surface area contributed by atoms with E-state index in [1.165, 1.54) is 5.56 Å². The van der Waals surface area contributed by atoms with E-state index < -0.39 is 0 Å². The number of ether oxygens (including phenoxy) is 4. The van der Waals surface area contributed by atoms with Gasteiger partial charge in [-0.15, -0.1) is 0 Å². The second kappa shape index (κ2) is 12.0. The minimum Gasteiger partial charge on any atom is -0.493 e. The molecule has 200 valence electrons. The van der Waals surface area contributed by atoms with Crippen molar-refractivity contribution >= 4 is 31.0 Å². The molecule has 0 saturated carbocycles. The summed E-state index contributed by atoms with van der Waals surface area (Å²) < 4.78 is 21.6. The summed E-state index contributed by atoms with van der Waals surface area (Å²) in [5.41, 5.74) is 3.01. The maximum Gasteiger partial charge on any atom is 0.231 e. The number of carbonyl (C=O) groups excluding carboxylic acids is 2. The first-order valence-corrected chi connectivity index (χ1v) is 12.5. The van der Waals surface area contributed by atoms with Crippen LogP contribution in [-0.4, -0.2) is 68.8 Å². The number of piperidine rings is 1. The highest BCUT2D eigenvalue weighted by Gasteiger charge is 2.31. The van der Waals surface area contributed by atoms with Gasteiger partial charge in [-0.25, -0.2) is 0 Å². The van der Waals surface area contributed by atoms with Crippen molar-refractivity contribution in [1.29, 1.82) is 0 Å². The quantitative estimate of drug-likeness (QED) is 0.589. The van der Waals surface area contributed by atoms with E-state index in [9.17, 15) is 9.59 Å². The zero-order valence-corrected chi connectivity index (χ0v) is 22.4. The van der Waals surface area contributed by atoms with Crippen LogP contribution in [0.1, 0.15) is 30.4 Å². The first-order valence-electron chi connectivity index (χ1n) is 12.5. The van der Waals surface area contributed by atoms with Crippen LogP contribution in [-0.2, 0) is 22.6 Å². The van der Waals surface area contributed by atoms with Crippen molar-refractivity contribution in [3.8, 4) is 23.0 Å². The van der Waals surface area contributed by atoms with Crippen molar-refractivity contribution in [1.82, 2.24) is 9.80 Å². The third-order valence-corrected chi connectivity index (χ3v) is 7.20. The predicted molar refractivity (Wildman–Crippen MR) is 144 cm³/mol. The van der Waals surface area contributed by atoms with Gasteiger partial charge in [0.25, 0.3) is 0 Å². The number of fused-ring (bicyclic) bond motifs is 2. The molecule has 2 aromatic carbocycles. The van der Waals surface area contributed by atoms with E-state index in [0.717, 1.165) is 37.1 Å². The SMILES string of the molecule is COc1cc2c(cc1OC)CN(C(=O)[C@H]1CCCN(CCC(=O)Nc3ccc4c(c3)OCO4)C1)CC2.S. The highest BCUT2D eigenvalue weighted by molar-refractivity contribution is 7.59. The third kappa shape index (κ3) is 6.07. The highest BCUT2D eigenvalue weighted by atomic mass is 32.1. The molecular formula is C27H35N3O6S. The molecule has 0 bridgehead atoms. The smallest absolute Gasteiger partial charge is 0.231 e. The van der Waals surface area contributed by atoms with E-state index in [1.807, 2.05) is 23.1 Å². The molecular weight excluding hydrogens is 494 g/mol. The van der Waals surface area contributed by atoms with E-state index in [4.69, 9.17) is 18.9 Å². The molecule has 3 heterocycles. The van der Waals surface area contributed by atoms with Crippen LogP contribution in [0.2, 0.25) is 0 Å². The fourth-order valence-electron chi connectivity index (χ4n) is 5.25. The van der Waals surface area contributed by atoms with Crippen LogP contribution in [0.5, 0.6) is 23.0 Å². The maximum atomic E-state index is 13.4. The second-order valence-electron chi connectivity index (χ2n) is 9.49. The van der Waals surface area contributed by atoms with Crippen LogP contribution in [0, 0.1) is 5.92 Å². The number of hydrogen-bond donors (Lipinski definition) is 1. The Morgan fingerprint density at radius 2 is 1.78 bits per heavy atom. The Morgan fingerprint density at radius 1 is 1.03 bits per heavy atom. The molecule has 0 aromatic heterocycles. The topological polar surface area (TPSA) is 89.6 Å². The van der Waals surface area contributed by atoms with Crippen molar-refractivity contribution in [2.24, 2.45) is 5.92 Å². The molecule has 1 N–H and O–H groups in total. The molecule has 0 aliphatic carbocycles. The van der Waals surface area contributed by atoms with Gasteiger partial charge >= 0.3 is 0 Å². The fraction of sp³-hybridized carbons (Fsp3) is 0.481. The van der Waals surface area contributed by atoms with Crippen molar-refractivity contribution in [2.45, 2.75) is 32.2 Å². The van der Waals surface area contributed by atoms with Crippen LogP contribution < -0.4 is 24.3 Å². The molecule has 3 aliphatic rings. The summed E-state index contributed by atoms with van der Waals surface area (Å²) in [6.45, 7) is 3.71. The van der Waals surface area contributed by atoms with Gasteiger partial charge < -0.3 is 34.1 Å². The molecule has 1 fully saturated rings. The number of carbonyl (C=O) groups is 2. The fourth-order valence-corrected chi connectivity index (χ4v) is 5.25. The summed E-state index contributed by atoms with van der Waals surface area (Å²) in [6, 6.07) is 9.39. The van der Waals surface area contributed by atoms with Gasteiger partial charge in [-0.1, -0.05) is 0 Å². The van der Waals surface area contributed by atoms with E-state index in [1.54, 1.807) is 26.4 Å². The number of nitrogens with zero attached hydrogens (tertiary/aromatic N) is 2. The normalized spacial score (nSPS) is 18.4. The summed E-state index contributed by atoms with van der Waals surface area (Å²) in [7, 11) is 3.26. The molecule has 1 saturated heterocycles. The van der Waals surface area contributed by atoms with Gasteiger partial charge in [-0.3, -0.25) is 9.59 Å². The lowest BCUT2D eigenvalue weighted by Gasteiger charge is -2.36. The van der Waals surface area contributed by atoms with E-state index >= 15 is 0 Å². The third-order valence-electron chi connectivity index (χ3n) is 7.20. The van der Waals surface area contributed by atoms with Crippen LogP contribution in [0.3, 0.4) is 0 Å². The monoisotopic (exact) mass is 529 g/mol. The Kier molecular flexibility index (Phi) is 8.71. The second-order valence-corrected chi connectivity index (χ2v) is 9.49. The van der Waals surface area contributed by atoms with Gasteiger partial charge in [0.1, 0.15) is 0 Å². The number of likely N-dealkylation sites (tertiary alicyclic amines) is 1. The molecule has 2 aromatic rings. The molecule has 9 nitrogen and oxygen atoms in total.